The van der Waals surface area contributed by atoms with Crippen LogP contribution in [0, 0.1) is 16.2 Å². The number of hydrogen-bond donors (Lipinski definition) is 0. The van der Waals surface area contributed by atoms with Crippen LogP contribution < -0.4 is 0 Å². The molecule has 0 heterocycles. The van der Waals surface area contributed by atoms with E-state index in [1.54, 1.807) is 0 Å². The minimum atomic E-state index is 0.449. The van der Waals surface area contributed by atoms with Crippen molar-refractivity contribution in [2.45, 2.75) is 93.7 Å². The zero-order valence-corrected chi connectivity index (χ0v) is 15.5. The standard InChI is InChI=1S/C17H38B2/c1-14(2,3)11-16(7,8)13-18-19-17(9,10)12-15(4,5)6/h18-19H,11-13H2,1-10H3. The minimum Gasteiger partial charge on any atom is -0.0795 e. The van der Waals surface area contributed by atoms with Gasteiger partial charge in [0.25, 0.3) is 0 Å². The van der Waals surface area contributed by atoms with Gasteiger partial charge in [0.1, 0.15) is 0 Å². The van der Waals surface area contributed by atoms with Gasteiger partial charge in [0.2, 0.25) is 0 Å². The molecular formula is C17H38B2. The maximum Gasteiger partial charge on any atom is 0.0938 e. The molecular weight excluding hydrogens is 226 g/mol. The fraction of sp³-hybridized carbons (Fsp3) is 1.00. The molecule has 0 aliphatic heterocycles. The maximum atomic E-state index is 2.44. The predicted octanol–water partition coefficient (Wildman–Crippen LogP) is 5.29. The molecule has 0 amide bonds. The molecule has 0 aromatic heterocycles. The third-order valence-corrected chi connectivity index (χ3v) is 3.72. The predicted molar refractivity (Wildman–Crippen MR) is 95.1 cm³/mol. The largest absolute Gasteiger partial charge is 0.0938 e. The second-order valence-corrected chi connectivity index (χ2v) is 10.7. The second-order valence-electron chi connectivity index (χ2n) is 10.7. The molecule has 112 valence electrons. The van der Waals surface area contributed by atoms with Gasteiger partial charge in [-0.15, -0.1) is 0 Å². The Balaban J connectivity index is 4.21. The van der Waals surface area contributed by atoms with Crippen molar-refractivity contribution in [3.63, 3.8) is 0 Å². The third kappa shape index (κ3) is 11.6. The van der Waals surface area contributed by atoms with Gasteiger partial charge in [-0.25, -0.2) is 0 Å². The van der Waals surface area contributed by atoms with Crippen LogP contribution in [0.5, 0.6) is 0 Å². The fourth-order valence-corrected chi connectivity index (χ4v) is 4.09. The van der Waals surface area contributed by atoms with Gasteiger partial charge < -0.3 is 0 Å². The van der Waals surface area contributed by atoms with E-state index in [1.807, 2.05) is 0 Å². The second kappa shape index (κ2) is 6.27. The SMILES string of the molecule is CC(C)(C)CC(C)(C)BBCC(C)(C)CC(C)(C)C. The molecule has 0 rings (SSSR count). The van der Waals surface area contributed by atoms with E-state index in [2.05, 4.69) is 69.2 Å². The average Bonchev–Trinajstić information content (AvgIpc) is 1.90. The van der Waals surface area contributed by atoms with Gasteiger partial charge in [-0.3, -0.25) is 0 Å². The third-order valence-electron chi connectivity index (χ3n) is 3.72. The molecule has 0 nitrogen and oxygen atoms in total. The smallest absolute Gasteiger partial charge is 0.0795 e. The van der Waals surface area contributed by atoms with E-state index in [1.165, 1.54) is 33.5 Å². The Hall–Kier alpha value is 0.130. The molecule has 0 aromatic rings. The van der Waals surface area contributed by atoms with Crippen molar-refractivity contribution < 1.29 is 0 Å². The van der Waals surface area contributed by atoms with Crippen LogP contribution in [0.25, 0.3) is 0 Å². The van der Waals surface area contributed by atoms with Gasteiger partial charge >= 0.3 is 0 Å². The lowest BCUT2D eigenvalue weighted by molar-refractivity contribution is 0.233. The Morgan fingerprint density at radius 2 is 1.05 bits per heavy atom. The first-order valence-electron chi connectivity index (χ1n) is 8.12. The van der Waals surface area contributed by atoms with Crippen LogP contribution in [0.2, 0.25) is 11.6 Å². The van der Waals surface area contributed by atoms with E-state index in [4.69, 9.17) is 0 Å². The molecule has 0 fully saturated rings. The van der Waals surface area contributed by atoms with Crippen molar-refractivity contribution in [1.82, 2.24) is 0 Å². The summed E-state index contributed by atoms with van der Waals surface area (Å²) in [5.41, 5.74) is 1.38. The highest BCUT2D eigenvalue weighted by Crippen LogP contribution is 2.39. The van der Waals surface area contributed by atoms with E-state index in [9.17, 15) is 0 Å². The molecule has 0 radical (unpaired) electrons. The van der Waals surface area contributed by atoms with Crippen molar-refractivity contribution in [3.8, 4) is 0 Å². The maximum absolute atomic E-state index is 2.44. The number of rotatable bonds is 6. The van der Waals surface area contributed by atoms with E-state index in [0.717, 1.165) is 0 Å². The average molecular weight is 264 g/mol. The van der Waals surface area contributed by atoms with E-state index >= 15 is 0 Å². The van der Waals surface area contributed by atoms with Crippen LogP contribution in [0.3, 0.4) is 0 Å². The highest BCUT2D eigenvalue weighted by atomic mass is 14.3. The first-order chi connectivity index (χ1) is 8.12. The topological polar surface area (TPSA) is 0 Å². The molecule has 0 aliphatic carbocycles. The Labute approximate surface area is 125 Å². The summed E-state index contributed by atoms with van der Waals surface area (Å²) in [6.45, 7) is 23.9. The van der Waals surface area contributed by atoms with E-state index in [-0.39, 0.29) is 0 Å². The van der Waals surface area contributed by atoms with Gasteiger partial charge in [0.15, 0.2) is 0 Å². The van der Waals surface area contributed by atoms with E-state index in [0.29, 0.717) is 21.6 Å². The Morgan fingerprint density at radius 3 is 1.42 bits per heavy atom. The Kier molecular flexibility index (Phi) is 6.31. The number of hydrogen-bond acceptors (Lipinski definition) is 0. The molecule has 0 atom stereocenters. The van der Waals surface area contributed by atoms with Crippen LogP contribution in [0.1, 0.15) is 82.1 Å². The fourth-order valence-electron chi connectivity index (χ4n) is 4.09. The lowest BCUT2D eigenvalue weighted by Gasteiger charge is -2.35. The van der Waals surface area contributed by atoms with Crippen LogP contribution in [-0.2, 0) is 0 Å². The zero-order chi connectivity index (χ0) is 15.5. The summed E-state index contributed by atoms with van der Waals surface area (Å²) in [5.74, 6) is 0. The highest BCUT2D eigenvalue weighted by Gasteiger charge is 2.29. The Bertz CT molecular complexity index is 236. The summed E-state index contributed by atoms with van der Waals surface area (Å²) < 4.78 is 0. The normalized spacial score (nSPS) is 14.4. The Morgan fingerprint density at radius 1 is 0.632 bits per heavy atom. The quantitative estimate of drug-likeness (QED) is 0.572. The highest BCUT2D eigenvalue weighted by molar-refractivity contribution is 7.02. The van der Waals surface area contributed by atoms with Gasteiger partial charge in [-0.1, -0.05) is 87.3 Å². The lowest BCUT2D eigenvalue weighted by Crippen LogP contribution is -2.29. The molecule has 0 saturated carbocycles. The van der Waals surface area contributed by atoms with E-state index < -0.39 is 0 Å². The van der Waals surface area contributed by atoms with Crippen molar-refractivity contribution in [1.29, 1.82) is 0 Å². The molecule has 2 heteroatoms. The van der Waals surface area contributed by atoms with Gasteiger partial charge in [-0.05, 0) is 22.7 Å². The summed E-state index contributed by atoms with van der Waals surface area (Å²) in [6.07, 6.45) is 4.00. The summed E-state index contributed by atoms with van der Waals surface area (Å²) in [5, 5.41) is 0.482. The van der Waals surface area contributed by atoms with Crippen molar-refractivity contribution in [2.75, 3.05) is 0 Å². The van der Waals surface area contributed by atoms with Crippen molar-refractivity contribution >= 4 is 14.3 Å². The van der Waals surface area contributed by atoms with Gasteiger partial charge in [-0.2, -0.15) is 0 Å². The van der Waals surface area contributed by atoms with Crippen molar-refractivity contribution in [3.05, 3.63) is 0 Å². The monoisotopic (exact) mass is 264 g/mol. The molecule has 19 heavy (non-hydrogen) atoms. The van der Waals surface area contributed by atoms with Crippen LogP contribution >= 0.6 is 0 Å². The summed E-state index contributed by atoms with van der Waals surface area (Å²) in [6, 6.07) is 0. The molecule has 0 unspecified atom stereocenters. The first-order valence-corrected chi connectivity index (χ1v) is 8.12. The minimum absolute atomic E-state index is 0.449. The molecule has 0 aromatic carbocycles. The first kappa shape index (κ1) is 19.1. The molecule has 0 N–H and O–H groups in total. The lowest BCUT2D eigenvalue weighted by atomic mass is 9.26. The van der Waals surface area contributed by atoms with Gasteiger partial charge in [0, 0.05) is 0 Å². The van der Waals surface area contributed by atoms with Crippen LogP contribution in [0.15, 0.2) is 0 Å². The van der Waals surface area contributed by atoms with Crippen LogP contribution in [-0.4, -0.2) is 14.3 Å². The summed E-state index contributed by atoms with van der Waals surface area (Å²) >= 11 is 0. The van der Waals surface area contributed by atoms with Crippen molar-refractivity contribution in [2.24, 2.45) is 16.2 Å². The molecule has 0 spiro atoms. The summed E-state index contributed by atoms with van der Waals surface area (Å²) in [7, 11) is 2.73. The zero-order valence-electron chi connectivity index (χ0n) is 15.5. The van der Waals surface area contributed by atoms with Gasteiger partial charge in [0.05, 0.1) is 14.3 Å². The summed E-state index contributed by atoms with van der Waals surface area (Å²) in [4.78, 5) is 0. The molecule has 0 saturated heterocycles. The molecule has 0 bridgehead atoms. The molecule has 0 aliphatic rings. The van der Waals surface area contributed by atoms with Crippen LogP contribution in [0.4, 0.5) is 0 Å².